The van der Waals surface area contributed by atoms with Gasteiger partial charge in [-0.05, 0) is 12.1 Å². The third kappa shape index (κ3) is 7.29. The van der Waals surface area contributed by atoms with E-state index in [0.29, 0.717) is 0 Å². The molecule has 0 rings (SSSR count). The Balaban J connectivity index is 2.45. The van der Waals surface area contributed by atoms with Gasteiger partial charge in [-0.25, -0.2) is 0 Å². The molecule has 0 aliphatic heterocycles. The topological polar surface area (TPSA) is 0 Å². The Hall–Kier alpha value is 1.29. The monoisotopic (exact) mass is 154 g/mol. The van der Waals surface area contributed by atoms with Crippen LogP contribution in [0.1, 0.15) is 13.3 Å². The van der Waals surface area contributed by atoms with E-state index in [-0.39, 0.29) is 0 Å². The van der Waals surface area contributed by atoms with E-state index in [1.54, 1.807) is 0 Å². The molecule has 0 spiro atoms. The minimum atomic E-state index is 1.10. The maximum absolute atomic E-state index is 2.78. The van der Waals surface area contributed by atoms with Crippen LogP contribution in [0.5, 0.6) is 0 Å². The molecule has 0 aromatic heterocycles. The van der Waals surface area contributed by atoms with Crippen molar-refractivity contribution in [2.24, 2.45) is 0 Å². The maximum atomic E-state index is 2.78. The van der Waals surface area contributed by atoms with Gasteiger partial charge in [0.1, 0.15) is 0 Å². The van der Waals surface area contributed by atoms with Crippen LogP contribution < -0.4 is 0 Å². The molecule has 0 aliphatic rings. The van der Waals surface area contributed by atoms with Crippen LogP contribution in [-0.4, -0.2) is 12.1 Å². The lowest BCUT2D eigenvalue weighted by atomic mass is 10.6. The summed E-state index contributed by atoms with van der Waals surface area (Å²) in [5.41, 5.74) is 0. The fourth-order valence-corrected chi connectivity index (χ4v) is 3.27. The fourth-order valence-electron chi connectivity index (χ4n) is 0.337. The van der Waals surface area contributed by atoms with Gasteiger partial charge in [-0.15, -0.1) is 17.5 Å². The van der Waals surface area contributed by atoms with Gasteiger partial charge in [0, 0.05) is 0 Å². The molecule has 0 nitrogen and oxygen atoms in total. The van der Waals surface area contributed by atoms with Crippen molar-refractivity contribution < 1.29 is 0 Å². The molecule has 0 heterocycles. The van der Waals surface area contributed by atoms with Crippen LogP contribution in [0.4, 0.5) is 0 Å². The molecule has 7 heavy (non-hydrogen) atoms. The Labute approximate surface area is 51.9 Å². The van der Waals surface area contributed by atoms with E-state index in [1.165, 1.54) is 27.1 Å². The Morgan fingerprint density at radius 2 is 2.29 bits per heavy atom. The smallest absolute Gasteiger partial charge is 0.0141 e. The summed E-state index contributed by atoms with van der Waals surface area (Å²) in [5.74, 6) is 1.44. The van der Waals surface area contributed by atoms with Gasteiger partial charge < -0.3 is 0 Å². The molecule has 0 aliphatic carbocycles. The summed E-state index contributed by atoms with van der Waals surface area (Å²) in [4.78, 5) is 0. The molecule has 0 fully saturated rings. The zero-order chi connectivity index (χ0) is 5.54. The summed E-state index contributed by atoms with van der Waals surface area (Å²) in [5, 5.41) is 0. The van der Waals surface area contributed by atoms with Gasteiger partial charge in [-0.1, -0.05) is 21.6 Å². The van der Waals surface area contributed by atoms with Crippen LogP contribution in [-0.2, 0) is 0 Å². The van der Waals surface area contributed by atoms with Crippen molar-refractivity contribution in [3.63, 3.8) is 0 Å². The Morgan fingerprint density at radius 1 is 1.57 bits per heavy atom. The van der Waals surface area contributed by atoms with Gasteiger partial charge in [-0.3, -0.25) is 0 Å². The van der Waals surface area contributed by atoms with Crippen molar-refractivity contribution in [3.8, 4) is 0 Å². The van der Waals surface area contributed by atoms with E-state index in [4.69, 9.17) is 0 Å². The van der Waals surface area contributed by atoms with Gasteiger partial charge in [-0.2, -0.15) is 0 Å². The molecule has 3 unspecified atom stereocenters. The zero-order valence-electron chi connectivity index (χ0n) is 4.70. The lowest BCUT2D eigenvalue weighted by Crippen LogP contribution is -1.66. The summed E-state index contributed by atoms with van der Waals surface area (Å²) >= 11 is 0. The molecule has 0 aromatic carbocycles. The van der Waals surface area contributed by atoms with Crippen LogP contribution in [0.2, 0.25) is 0 Å². The van der Waals surface area contributed by atoms with Crippen LogP contribution in [0.15, 0.2) is 0 Å². The molecule has 0 radical (unpaired) electrons. The molecular weight excluding hydrogens is 141 g/mol. The van der Waals surface area contributed by atoms with E-state index < -0.39 is 0 Å². The molecule has 3 heteroatoms. The van der Waals surface area contributed by atoms with E-state index in [2.05, 4.69) is 15.9 Å². The van der Waals surface area contributed by atoms with Gasteiger partial charge in [0.15, 0.2) is 0 Å². The molecule has 0 saturated heterocycles. The average molecular weight is 154 g/mol. The number of hydrogen-bond acceptors (Lipinski definition) is 0. The van der Waals surface area contributed by atoms with Crippen molar-refractivity contribution >= 4 is 25.8 Å². The van der Waals surface area contributed by atoms with Crippen LogP contribution >= 0.6 is 25.8 Å². The molecule has 0 amide bonds. The third-order valence-electron chi connectivity index (χ3n) is 0.654. The summed E-state index contributed by atoms with van der Waals surface area (Å²) in [6.45, 7) is 2.25. The van der Waals surface area contributed by atoms with Crippen molar-refractivity contribution in [1.82, 2.24) is 0 Å². The number of hydrogen-bond donors (Lipinski definition) is 0. The minimum Gasteiger partial charge on any atom is -0.118 e. The molecule has 0 N–H and O–H groups in total. The molecular formula is C4H13P3. The largest absolute Gasteiger partial charge is 0.118 e. The highest BCUT2D eigenvalue weighted by Gasteiger charge is 1.79. The average Bonchev–Trinajstić information content (AvgIpc) is 1.69. The Bertz CT molecular complexity index is 26.1. The first-order chi connectivity index (χ1) is 3.41. The van der Waals surface area contributed by atoms with E-state index in [0.717, 1.165) is 8.27 Å². The number of rotatable bonds is 4. The van der Waals surface area contributed by atoms with Crippen molar-refractivity contribution in [3.05, 3.63) is 0 Å². The van der Waals surface area contributed by atoms with Crippen LogP contribution in [0.25, 0.3) is 0 Å². The van der Waals surface area contributed by atoms with Gasteiger partial charge in [0.05, 0.1) is 0 Å². The van der Waals surface area contributed by atoms with Crippen LogP contribution in [0.3, 0.4) is 0 Å². The zero-order valence-corrected chi connectivity index (χ0v) is 7.85. The van der Waals surface area contributed by atoms with E-state index >= 15 is 0 Å². The van der Waals surface area contributed by atoms with E-state index in [9.17, 15) is 0 Å². The lowest BCUT2D eigenvalue weighted by Gasteiger charge is -1.91. The molecule has 0 aromatic rings. The van der Waals surface area contributed by atoms with Crippen molar-refractivity contribution in [2.45, 2.75) is 13.3 Å². The molecule has 3 atom stereocenters. The standard InChI is InChI=1S/C4H13P3/c1-2-3-6-4-7-5/h6-7H,2-5H2,1H3. The highest BCUT2D eigenvalue weighted by molar-refractivity contribution is 8.05. The maximum Gasteiger partial charge on any atom is -0.0141 e. The van der Waals surface area contributed by atoms with Crippen LogP contribution in [0, 0.1) is 0 Å². The molecule has 0 bridgehead atoms. The Morgan fingerprint density at radius 3 is 2.71 bits per heavy atom. The quantitative estimate of drug-likeness (QED) is 0.431. The normalized spacial score (nSPS) is 12.9. The highest BCUT2D eigenvalue weighted by atomic mass is 32.0. The van der Waals surface area contributed by atoms with Crippen molar-refractivity contribution in [1.29, 1.82) is 0 Å². The highest BCUT2D eigenvalue weighted by Crippen LogP contribution is 2.29. The Kier molecular flexibility index (Phi) is 8.63. The summed E-state index contributed by atoms with van der Waals surface area (Å²) in [6, 6.07) is 0. The first-order valence-corrected chi connectivity index (χ1v) is 6.99. The van der Waals surface area contributed by atoms with Gasteiger partial charge in [0.2, 0.25) is 0 Å². The second-order valence-electron chi connectivity index (χ2n) is 1.38. The molecule has 44 valence electrons. The SMILES string of the molecule is CCCPCPP. The second-order valence-corrected chi connectivity index (χ2v) is 5.43. The first kappa shape index (κ1) is 8.29. The summed E-state index contributed by atoms with van der Waals surface area (Å²) in [7, 11) is 5.10. The second kappa shape index (κ2) is 7.29. The fraction of sp³-hybridized carbons (Fsp3) is 1.00. The summed E-state index contributed by atoms with van der Waals surface area (Å²) < 4.78 is 0. The van der Waals surface area contributed by atoms with E-state index in [1.807, 2.05) is 0 Å². The predicted octanol–water partition coefficient (Wildman–Crippen LogP) is 2.50. The minimum absolute atomic E-state index is 1.10. The predicted molar refractivity (Wildman–Crippen MR) is 46.4 cm³/mol. The lowest BCUT2D eigenvalue weighted by molar-refractivity contribution is 1.10. The summed E-state index contributed by atoms with van der Waals surface area (Å²) in [6.07, 6.45) is 2.81. The van der Waals surface area contributed by atoms with Crippen molar-refractivity contribution in [2.75, 3.05) is 12.1 Å². The first-order valence-electron chi connectivity index (χ1n) is 2.56. The third-order valence-corrected chi connectivity index (χ3v) is 5.16. The van der Waals surface area contributed by atoms with Gasteiger partial charge >= 0.3 is 0 Å². The molecule has 0 saturated carbocycles. The van der Waals surface area contributed by atoms with Gasteiger partial charge in [0.25, 0.3) is 0 Å².